The number of hydrogen-bond acceptors (Lipinski definition) is 2. The maximum Gasteiger partial charge on any atom is 0.191 e. The zero-order valence-corrected chi connectivity index (χ0v) is 9.51. The van der Waals surface area contributed by atoms with E-state index in [1.165, 1.54) is 24.0 Å². The number of rotatable bonds is 2. The molecule has 0 fully saturated rings. The predicted octanol–water partition coefficient (Wildman–Crippen LogP) is 2.54. The van der Waals surface area contributed by atoms with Gasteiger partial charge in [0.25, 0.3) is 0 Å². The Balaban J connectivity index is 2.33. The van der Waals surface area contributed by atoms with Gasteiger partial charge < -0.3 is 0 Å². The number of nitrogens with zero attached hydrogens (tertiary/aromatic N) is 1. The van der Waals surface area contributed by atoms with Gasteiger partial charge in [0.1, 0.15) is 5.69 Å². The molecule has 1 aliphatic carbocycles. The molecule has 0 N–H and O–H groups in total. The minimum Gasteiger partial charge on any atom is -0.291 e. The van der Waals surface area contributed by atoms with Crippen LogP contribution in [0.15, 0.2) is 12.3 Å². The minimum absolute atomic E-state index is 0.0679. The molecule has 0 unspecified atom stereocenters. The van der Waals surface area contributed by atoms with Crippen molar-refractivity contribution in [1.82, 2.24) is 4.98 Å². The van der Waals surface area contributed by atoms with Crippen molar-refractivity contribution in [2.45, 2.75) is 25.7 Å². The third-order valence-corrected chi connectivity index (χ3v) is 3.14. The summed E-state index contributed by atoms with van der Waals surface area (Å²) < 4.78 is 0. The Labute approximate surface area is 91.9 Å². The van der Waals surface area contributed by atoms with Crippen LogP contribution in [0.25, 0.3) is 0 Å². The molecular weight excluding hydrogens is 242 g/mol. The molecule has 0 aromatic carbocycles. The number of pyridine rings is 1. The minimum atomic E-state index is 0.0679. The molecule has 1 aliphatic rings. The Morgan fingerprint density at radius 1 is 1.36 bits per heavy atom. The van der Waals surface area contributed by atoms with Crippen molar-refractivity contribution in [3.8, 4) is 0 Å². The summed E-state index contributed by atoms with van der Waals surface area (Å²) in [4.78, 5) is 15.6. The highest BCUT2D eigenvalue weighted by molar-refractivity contribution is 9.09. The van der Waals surface area contributed by atoms with Crippen LogP contribution >= 0.6 is 15.9 Å². The maximum atomic E-state index is 11.4. The molecule has 1 aromatic rings. The molecule has 1 aromatic heterocycles. The molecule has 14 heavy (non-hydrogen) atoms. The van der Waals surface area contributed by atoms with Gasteiger partial charge in [0.05, 0.1) is 5.33 Å². The van der Waals surface area contributed by atoms with Gasteiger partial charge in [-0.15, -0.1) is 0 Å². The monoisotopic (exact) mass is 253 g/mol. The summed E-state index contributed by atoms with van der Waals surface area (Å²) >= 11 is 3.16. The molecule has 2 rings (SSSR count). The van der Waals surface area contributed by atoms with Crippen molar-refractivity contribution in [2.75, 3.05) is 5.33 Å². The topological polar surface area (TPSA) is 30.0 Å². The van der Waals surface area contributed by atoms with Gasteiger partial charge in [-0.05, 0) is 42.9 Å². The second-order valence-electron chi connectivity index (χ2n) is 3.60. The van der Waals surface area contributed by atoms with Crippen molar-refractivity contribution >= 4 is 21.7 Å². The highest BCUT2D eigenvalue weighted by Crippen LogP contribution is 2.21. The number of hydrogen-bond donors (Lipinski definition) is 0. The van der Waals surface area contributed by atoms with Crippen LogP contribution in [0.5, 0.6) is 0 Å². The molecule has 0 saturated heterocycles. The lowest BCUT2D eigenvalue weighted by molar-refractivity contribution is 0.101. The second kappa shape index (κ2) is 4.22. The van der Waals surface area contributed by atoms with Crippen molar-refractivity contribution in [3.05, 3.63) is 29.1 Å². The van der Waals surface area contributed by atoms with Crippen LogP contribution in [0, 0.1) is 0 Å². The number of halogens is 1. The van der Waals surface area contributed by atoms with E-state index in [2.05, 4.69) is 20.9 Å². The quantitative estimate of drug-likeness (QED) is 0.599. The lowest BCUT2D eigenvalue weighted by atomic mass is 9.92. The molecule has 3 heteroatoms. The highest BCUT2D eigenvalue weighted by atomic mass is 79.9. The Morgan fingerprint density at radius 3 is 2.79 bits per heavy atom. The standard InChI is InChI=1S/C11H12BrNO/c12-6-11(14)10-5-8-3-1-2-4-9(8)7-13-10/h5,7H,1-4,6H2. The molecule has 0 aliphatic heterocycles. The van der Waals surface area contributed by atoms with E-state index in [-0.39, 0.29) is 5.78 Å². The lowest BCUT2D eigenvalue weighted by Gasteiger charge is -2.15. The van der Waals surface area contributed by atoms with Crippen LogP contribution in [0.4, 0.5) is 0 Å². The zero-order chi connectivity index (χ0) is 9.97. The Morgan fingerprint density at radius 2 is 2.07 bits per heavy atom. The average molecular weight is 254 g/mol. The molecule has 0 bridgehead atoms. The fourth-order valence-electron chi connectivity index (χ4n) is 1.84. The van der Waals surface area contributed by atoms with E-state index in [0.717, 1.165) is 12.8 Å². The van der Waals surface area contributed by atoms with Gasteiger partial charge in [0.15, 0.2) is 5.78 Å². The molecular formula is C11H12BrNO. The third kappa shape index (κ3) is 1.87. The number of carbonyl (C=O) groups is 1. The molecule has 2 nitrogen and oxygen atoms in total. The highest BCUT2D eigenvalue weighted by Gasteiger charge is 2.12. The number of Topliss-reactive ketones (excluding diaryl/α,β-unsaturated/α-hetero) is 1. The molecule has 0 spiro atoms. The van der Waals surface area contributed by atoms with E-state index in [0.29, 0.717) is 11.0 Å². The van der Waals surface area contributed by atoms with Crippen LogP contribution < -0.4 is 0 Å². The molecule has 0 radical (unpaired) electrons. The van der Waals surface area contributed by atoms with Crippen molar-refractivity contribution in [3.63, 3.8) is 0 Å². The maximum absolute atomic E-state index is 11.4. The van der Waals surface area contributed by atoms with Gasteiger partial charge in [-0.1, -0.05) is 15.9 Å². The fourth-order valence-corrected chi connectivity index (χ4v) is 2.12. The summed E-state index contributed by atoms with van der Waals surface area (Å²) in [5.74, 6) is 0.0679. The van der Waals surface area contributed by atoms with Gasteiger partial charge in [-0.25, -0.2) is 0 Å². The largest absolute Gasteiger partial charge is 0.291 e. The van der Waals surface area contributed by atoms with Crippen LogP contribution in [-0.4, -0.2) is 16.1 Å². The summed E-state index contributed by atoms with van der Waals surface area (Å²) in [5.41, 5.74) is 3.24. The van der Waals surface area contributed by atoms with Gasteiger partial charge in [-0.3, -0.25) is 9.78 Å². The van der Waals surface area contributed by atoms with Gasteiger partial charge in [0, 0.05) is 6.20 Å². The Hall–Kier alpha value is -0.700. The smallest absolute Gasteiger partial charge is 0.191 e. The predicted molar refractivity (Wildman–Crippen MR) is 59.0 cm³/mol. The van der Waals surface area contributed by atoms with E-state index in [1.54, 1.807) is 0 Å². The van der Waals surface area contributed by atoms with Crippen LogP contribution in [0.2, 0.25) is 0 Å². The number of fused-ring (bicyclic) bond motifs is 1. The molecule has 74 valence electrons. The first-order valence-corrected chi connectivity index (χ1v) is 6.00. The fraction of sp³-hybridized carbons (Fsp3) is 0.455. The van der Waals surface area contributed by atoms with Gasteiger partial charge >= 0.3 is 0 Å². The van der Waals surface area contributed by atoms with Crippen LogP contribution in [-0.2, 0) is 12.8 Å². The summed E-state index contributed by atoms with van der Waals surface area (Å²) in [6, 6.07) is 1.96. The SMILES string of the molecule is O=C(CBr)c1cc2c(cn1)CCCC2. The second-order valence-corrected chi connectivity index (χ2v) is 4.16. The van der Waals surface area contributed by atoms with E-state index in [1.807, 2.05) is 12.3 Å². The molecule has 1 heterocycles. The van der Waals surface area contributed by atoms with Crippen LogP contribution in [0.3, 0.4) is 0 Å². The summed E-state index contributed by atoms with van der Waals surface area (Å²) in [7, 11) is 0. The summed E-state index contributed by atoms with van der Waals surface area (Å²) in [5, 5.41) is 0.360. The number of carbonyl (C=O) groups excluding carboxylic acids is 1. The number of alkyl halides is 1. The van der Waals surface area contributed by atoms with Gasteiger partial charge in [-0.2, -0.15) is 0 Å². The number of aryl methyl sites for hydroxylation is 2. The van der Waals surface area contributed by atoms with E-state index in [4.69, 9.17) is 0 Å². The van der Waals surface area contributed by atoms with Crippen molar-refractivity contribution < 1.29 is 4.79 Å². The first kappa shape index (κ1) is 9.84. The van der Waals surface area contributed by atoms with Crippen LogP contribution in [0.1, 0.15) is 34.5 Å². The summed E-state index contributed by atoms with van der Waals surface area (Å²) in [6.07, 6.45) is 6.56. The first-order valence-electron chi connectivity index (χ1n) is 4.88. The van der Waals surface area contributed by atoms with E-state index in [9.17, 15) is 4.79 Å². The molecule has 0 saturated carbocycles. The van der Waals surface area contributed by atoms with E-state index >= 15 is 0 Å². The lowest BCUT2D eigenvalue weighted by Crippen LogP contribution is -2.09. The Kier molecular flexibility index (Phi) is 2.96. The Bertz CT molecular complexity index is 362. The number of aromatic nitrogens is 1. The van der Waals surface area contributed by atoms with Crippen molar-refractivity contribution in [2.24, 2.45) is 0 Å². The summed E-state index contributed by atoms with van der Waals surface area (Å²) in [6.45, 7) is 0. The third-order valence-electron chi connectivity index (χ3n) is 2.63. The molecule has 0 amide bonds. The first-order chi connectivity index (χ1) is 6.81. The van der Waals surface area contributed by atoms with E-state index < -0.39 is 0 Å². The normalized spacial score (nSPS) is 14.9. The van der Waals surface area contributed by atoms with Crippen molar-refractivity contribution in [1.29, 1.82) is 0 Å². The average Bonchev–Trinajstić information content (AvgIpc) is 2.27. The number of ketones is 1. The zero-order valence-electron chi connectivity index (χ0n) is 7.92. The van der Waals surface area contributed by atoms with Gasteiger partial charge in [0.2, 0.25) is 0 Å². The molecule has 0 atom stereocenters.